The third kappa shape index (κ3) is 4.81. The number of unbranched alkanes of at least 4 members (excludes halogenated alkanes) is 2. The van der Waals surface area contributed by atoms with Gasteiger partial charge in [0.05, 0.1) is 19.5 Å². The zero-order valence-electron chi connectivity index (χ0n) is 14.5. The van der Waals surface area contributed by atoms with E-state index in [1.807, 2.05) is 6.92 Å². The van der Waals surface area contributed by atoms with Crippen molar-refractivity contribution in [2.45, 2.75) is 58.1 Å². The number of ether oxygens (including phenoxy) is 1. The molecule has 132 valence electrons. The van der Waals surface area contributed by atoms with Gasteiger partial charge in [0, 0.05) is 18.0 Å². The Bertz CT molecular complexity index is 616. The summed E-state index contributed by atoms with van der Waals surface area (Å²) in [6.45, 7) is 5.02. The van der Waals surface area contributed by atoms with Crippen molar-refractivity contribution in [1.82, 2.24) is 9.55 Å². The molecule has 0 aliphatic heterocycles. The van der Waals surface area contributed by atoms with Gasteiger partial charge >= 0.3 is 0 Å². The molecule has 0 amide bonds. The molecule has 2 aromatic rings. The van der Waals surface area contributed by atoms with Gasteiger partial charge in [-0.15, -0.1) is 0 Å². The Morgan fingerprint density at radius 1 is 1.25 bits per heavy atom. The standard InChI is InChI=1S/C19H27FN2O2/c1-3-5-6-12-24-18-8-7-16(20)13-17(18)19(23,9-4-2)14-22-11-10-21-15-22/h7-8,10-11,13,15,23H,3-6,9,12,14H2,1-2H3. The highest BCUT2D eigenvalue weighted by Gasteiger charge is 2.32. The fraction of sp³-hybridized carbons (Fsp3) is 0.526. The van der Waals surface area contributed by atoms with Crippen LogP contribution in [0.4, 0.5) is 4.39 Å². The van der Waals surface area contributed by atoms with Crippen molar-refractivity contribution in [3.8, 4) is 5.75 Å². The van der Waals surface area contributed by atoms with Gasteiger partial charge in [-0.25, -0.2) is 9.37 Å². The smallest absolute Gasteiger partial charge is 0.125 e. The number of aliphatic hydroxyl groups is 1. The summed E-state index contributed by atoms with van der Waals surface area (Å²) in [7, 11) is 0. The number of aromatic nitrogens is 2. The highest BCUT2D eigenvalue weighted by atomic mass is 19.1. The molecule has 0 saturated carbocycles. The molecular weight excluding hydrogens is 307 g/mol. The van der Waals surface area contributed by atoms with Crippen LogP contribution in [0.5, 0.6) is 5.75 Å². The van der Waals surface area contributed by atoms with Crippen molar-refractivity contribution in [3.63, 3.8) is 0 Å². The molecule has 0 fully saturated rings. The van der Waals surface area contributed by atoms with Crippen LogP contribution in [0.15, 0.2) is 36.9 Å². The van der Waals surface area contributed by atoms with Crippen molar-refractivity contribution < 1.29 is 14.2 Å². The zero-order valence-corrected chi connectivity index (χ0v) is 14.5. The van der Waals surface area contributed by atoms with Crippen LogP contribution in [0.3, 0.4) is 0 Å². The lowest BCUT2D eigenvalue weighted by Crippen LogP contribution is -2.32. The average molecular weight is 334 g/mol. The predicted molar refractivity (Wildman–Crippen MR) is 92.5 cm³/mol. The lowest BCUT2D eigenvalue weighted by molar-refractivity contribution is 0.00594. The second-order valence-electron chi connectivity index (χ2n) is 6.21. The number of nitrogens with zero attached hydrogens (tertiary/aromatic N) is 2. The molecule has 5 heteroatoms. The Hall–Kier alpha value is -1.88. The van der Waals surface area contributed by atoms with Gasteiger partial charge in [-0.1, -0.05) is 33.1 Å². The van der Waals surface area contributed by atoms with E-state index in [9.17, 15) is 9.50 Å². The van der Waals surface area contributed by atoms with Crippen LogP contribution in [-0.4, -0.2) is 21.3 Å². The lowest BCUT2D eigenvalue weighted by Gasteiger charge is -2.30. The summed E-state index contributed by atoms with van der Waals surface area (Å²) >= 11 is 0. The molecular formula is C19H27FN2O2. The lowest BCUT2D eigenvalue weighted by atomic mass is 9.88. The summed E-state index contributed by atoms with van der Waals surface area (Å²) < 4.78 is 21.5. The second-order valence-corrected chi connectivity index (χ2v) is 6.21. The summed E-state index contributed by atoms with van der Waals surface area (Å²) in [4.78, 5) is 4.02. The monoisotopic (exact) mass is 334 g/mol. The Balaban J connectivity index is 2.28. The van der Waals surface area contributed by atoms with Gasteiger partial charge in [-0.05, 0) is 31.0 Å². The first kappa shape index (κ1) is 18.5. The largest absolute Gasteiger partial charge is 0.493 e. The van der Waals surface area contributed by atoms with Gasteiger partial charge < -0.3 is 14.4 Å². The minimum atomic E-state index is -1.20. The maximum Gasteiger partial charge on any atom is 0.125 e. The molecule has 2 rings (SSSR count). The maximum absolute atomic E-state index is 13.9. The second kappa shape index (κ2) is 8.83. The van der Waals surface area contributed by atoms with E-state index in [1.54, 1.807) is 29.4 Å². The average Bonchev–Trinajstić information content (AvgIpc) is 3.05. The van der Waals surface area contributed by atoms with Crippen molar-refractivity contribution in [2.75, 3.05) is 6.61 Å². The van der Waals surface area contributed by atoms with E-state index in [0.717, 1.165) is 25.7 Å². The van der Waals surface area contributed by atoms with Gasteiger partial charge in [0.15, 0.2) is 0 Å². The van der Waals surface area contributed by atoms with E-state index in [4.69, 9.17) is 4.74 Å². The van der Waals surface area contributed by atoms with Gasteiger partial charge in [-0.3, -0.25) is 0 Å². The van der Waals surface area contributed by atoms with Crippen LogP contribution in [0.25, 0.3) is 0 Å². The molecule has 1 unspecified atom stereocenters. The third-order valence-electron chi connectivity index (χ3n) is 4.12. The van der Waals surface area contributed by atoms with Gasteiger partial charge in [0.2, 0.25) is 0 Å². The van der Waals surface area contributed by atoms with Crippen LogP contribution in [-0.2, 0) is 12.1 Å². The number of halogens is 1. The fourth-order valence-corrected chi connectivity index (χ4v) is 2.92. The SMILES string of the molecule is CCCCCOc1ccc(F)cc1C(O)(CCC)Cn1ccnc1. The molecule has 0 bridgehead atoms. The van der Waals surface area contributed by atoms with Crippen LogP contribution in [0, 0.1) is 5.82 Å². The first-order valence-corrected chi connectivity index (χ1v) is 8.70. The predicted octanol–water partition coefficient (Wildman–Crippen LogP) is 4.28. The molecule has 1 atom stereocenters. The number of hydrogen-bond donors (Lipinski definition) is 1. The number of imidazole rings is 1. The summed E-state index contributed by atoms with van der Waals surface area (Å²) in [5.41, 5.74) is -0.688. The maximum atomic E-state index is 13.9. The number of hydrogen-bond acceptors (Lipinski definition) is 3. The van der Waals surface area contributed by atoms with E-state index in [1.165, 1.54) is 12.1 Å². The quantitative estimate of drug-likeness (QED) is 0.660. The minimum absolute atomic E-state index is 0.315. The van der Waals surface area contributed by atoms with Crippen molar-refractivity contribution in [3.05, 3.63) is 48.3 Å². The molecule has 1 N–H and O–H groups in total. The molecule has 1 aromatic heterocycles. The summed E-state index contributed by atoms with van der Waals surface area (Å²) in [6.07, 6.45) is 9.55. The fourth-order valence-electron chi connectivity index (χ4n) is 2.92. The van der Waals surface area contributed by atoms with Gasteiger partial charge in [-0.2, -0.15) is 0 Å². The molecule has 0 radical (unpaired) electrons. The zero-order chi connectivity index (χ0) is 17.4. The van der Waals surface area contributed by atoms with Gasteiger partial charge in [0.25, 0.3) is 0 Å². The van der Waals surface area contributed by atoms with Crippen molar-refractivity contribution >= 4 is 0 Å². The number of rotatable bonds is 10. The Morgan fingerprint density at radius 2 is 2.08 bits per heavy atom. The van der Waals surface area contributed by atoms with Crippen LogP contribution in [0.1, 0.15) is 51.5 Å². The normalized spacial score (nSPS) is 13.7. The molecule has 4 nitrogen and oxygen atoms in total. The topological polar surface area (TPSA) is 47.3 Å². The first-order chi connectivity index (χ1) is 11.6. The van der Waals surface area contributed by atoms with E-state index >= 15 is 0 Å². The summed E-state index contributed by atoms with van der Waals surface area (Å²) in [6, 6.07) is 4.38. The molecule has 0 aliphatic carbocycles. The van der Waals surface area contributed by atoms with Crippen LogP contribution < -0.4 is 4.74 Å². The van der Waals surface area contributed by atoms with Crippen molar-refractivity contribution in [2.24, 2.45) is 0 Å². The first-order valence-electron chi connectivity index (χ1n) is 8.70. The van der Waals surface area contributed by atoms with Gasteiger partial charge in [0.1, 0.15) is 17.2 Å². The van der Waals surface area contributed by atoms with E-state index in [0.29, 0.717) is 30.9 Å². The molecule has 0 saturated heterocycles. The molecule has 1 aromatic carbocycles. The van der Waals surface area contributed by atoms with E-state index in [-0.39, 0.29) is 5.82 Å². The summed E-state index contributed by atoms with van der Waals surface area (Å²) in [5.74, 6) is 0.189. The van der Waals surface area contributed by atoms with Crippen molar-refractivity contribution in [1.29, 1.82) is 0 Å². The summed E-state index contributed by atoms with van der Waals surface area (Å²) in [5, 5.41) is 11.3. The Morgan fingerprint density at radius 3 is 2.75 bits per heavy atom. The van der Waals surface area contributed by atoms with E-state index < -0.39 is 5.60 Å². The highest BCUT2D eigenvalue weighted by Crippen LogP contribution is 2.36. The van der Waals surface area contributed by atoms with Crippen LogP contribution in [0.2, 0.25) is 0 Å². The Kier molecular flexibility index (Phi) is 6.79. The molecule has 24 heavy (non-hydrogen) atoms. The minimum Gasteiger partial charge on any atom is -0.493 e. The molecule has 1 heterocycles. The Labute approximate surface area is 143 Å². The van der Waals surface area contributed by atoms with E-state index in [2.05, 4.69) is 11.9 Å². The molecule has 0 spiro atoms. The molecule has 0 aliphatic rings. The number of benzene rings is 1. The highest BCUT2D eigenvalue weighted by molar-refractivity contribution is 5.38. The van der Waals surface area contributed by atoms with Crippen LogP contribution >= 0.6 is 0 Å². The third-order valence-corrected chi connectivity index (χ3v) is 4.12.